The Kier molecular flexibility index (Phi) is 7.04. The van der Waals surface area contributed by atoms with Crippen molar-refractivity contribution in [1.29, 1.82) is 0 Å². The summed E-state index contributed by atoms with van der Waals surface area (Å²) >= 11 is 6.28. The first-order chi connectivity index (χ1) is 17.1. The molecule has 186 valence electrons. The van der Waals surface area contributed by atoms with Gasteiger partial charge in [0.2, 0.25) is 0 Å². The molecule has 0 bridgehead atoms. The highest BCUT2D eigenvalue weighted by molar-refractivity contribution is 6.51. The molecule has 1 aliphatic heterocycles. The third-order valence-corrected chi connectivity index (χ3v) is 6.16. The maximum Gasteiger partial charge on any atom is 0.300 e. The van der Waals surface area contributed by atoms with Crippen LogP contribution in [0.2, 0.25) is 5.02 Å². The number of Topliss-reactive ketones (excluding diaryl/α,β-unsaturated/α-hetero) is 1. The Bertz CT molecular complexity index is 1380. The van der Waals surface area contributed by atoms with Gasteiger partial charge in [0, 0.05) is 16.8 Å². The van der Waals surface area contributed by atoms with Crippen LogP contribution in [0, 0.1) is 12.7 Å². The highest BCUT2D eigenvalue weighted by Crippen LogP contribution is 2.44. The number of ketones is 1. The molecule has 36 heavy (non-hydrogen) atoms. The lowest BCUT2D eigenvalue weighted by Gasteiger charge is -2.26. The van der Waals surface area contributed by atoms with Crippen LogP contribution in [0.4, 0.5) is 10.1 Å². The van der Waals surface area contributed by atoms with Crippen molar-refractivity contribution in [2.75, 3.05) is 12.0 Å². The van der Waals surface area contributed by atoms with Crippen molar-refractivity contribution >= 4 is 34.7 Å². The number of rotatable bonds is 6. The summed E-state index contributed by atoms with van der Waals surface area (Å²) < 4.78 is 26.0. The standard InChI is InChI=1S/C28H25ClFNO5/c1-15(2)36-22-11-9-17(13-16(22)3)26(32)24-25(19-7-5-6-8-21(19)30)31(28(34)27(24)33)18-10-12-23(35-4)20(29)14-18/h5-15,25,32H,1-4H3/b26-24+. The Balaban J connectivity index is 1.91. The summed E-state index contributed by atoms with van der Waals surface area (Å²) in [5, 5.41) is 11.5. The maximum absolute atomic E-state index is 15.0. The molecule has 1 aliphatic rings. The molecule has 4 rings (SSSR count). The number of hydrogen-bond acceptors (Lipinski definition) is 5. The normalized spacial score (nSPS) is 17.1. The van der Waals surface area contributed by atoms with E-state index >= 15 is 4.39 Å². The van der Waals surface area contributed by atoms with Gasteiger partial charge in [0.05, 0.1) is 29.9 Å². The van der Waals surface area contributed by atoms with Gasteiger partial charge < -0.3 is 14.6 Å². The molecule has 1 amide bonds. The second-order valence-corrected chi connectivity index (χ2v) is 9.06. The molecule has 0 aromatic heterocycles. The Morgan fingerprint density at radius 1 is 1.06 bits per heavy atom. The number of nitrogens with zero attached hydrogens (tertiary/aromatic N) is 1. The number of methoxy groups -OCH3 is 1. The van der Waals surface area contributed by atoms with E-state index in [-0.39, 0.29) is 28.0 Å². The third-order valence-electron chi connectivity index (χ3n) is 5.87. The highest BCUT2D eigenvalue weighted by Gasteiger charge is 2.48. The second kappa shape index (κ2) is 10.0. The summed E-state index contributed by atoms with van der Waals surface area (Å²) in [4.78, 5) is 27.7. The summed E-state index contributed by atoms with van der Waals surface area (Å²) in [7, 11) is 1.45. The minimum Gasteiger partial charge on any atom is -0.507 e. The smallest absolute Gasteiger partial charge is 0.300 e. The van der Waals surface area contributed by atoms with Crippen LogP contribution >= 0.6 is 11.6 Å². The minimum absolute atomic E-state index is 0.0501. The molecule has 1 unspecified atom stereocenters. The molecule has 1 fully saturated rings. The van der Waals surface area contributed by atoms with E-state index < -0.39 is 29.3 Å². The SMILES string of the molecule is COc1ccc(N2C(=O)C(=O)/C(=C(/O)c3ccc(OC(C)C)c(C)c3)C2c2ccccc2F)cc1Cl. The maximum atomic E-state index is 15.0. The van der Waals surface area contributed by atoms with Crippen LogP contribution in [0.25, 0.3) is 5.76 Å². The van der Waals surface area contributed by atoms with Crippen LogP contribution in [0.15, 0.2) is 66.2 Å². The van der Waals surface area contributed by atoms with E-state index in [1.54, 1.807) is 43.3 Å². The fraction of sp³-hybridized carbons (Fsp3) is 0.214. The second-order valence-electron chi connectivity index (χ2n) is 8.66. The zero-order valence-electron chi connectivity index (χ0n) is 20.2. The Morgan fingerprint density at radius 2 is 1.75 bits per heavy atom. The fourth-order valence-electron chi connectivity index (χ4n) is 4.23. The summed E-state index contributed by atoms with van der Waals surface area (Å²) in [6.45, 7) is 5.60. The predicted molar refractivity (Wildman–Crippen MR) is 136 cm³/mol. The summed E-state index contributed by atoms with van der Waals surface area (Å²) in [6.07, 6.45) is -0.0501. The molecule has 6 nitrogen and oxygen atoms in total. The average molecular weight is 510 g/mol. The number of benzene rings is 3. The largest absolute Gasteiger partial charge is 0.507 e. The first-order valence-corrected chi connectivity index (χ1v) is 11.7. The van der Waals surface area contributed by atoms with Gasteiger partial charge in [-0.2, -0.15) is 0 Å². The van der Waals surface area contributed by atoms with E-state index in [0.29, 0.717) is 17.1 Å². The molecule has 8 heteroatoms. The van der Waals surface area contributed by atoms with Crippen LogP contribution in [0.3, 0.4) is 0 Å². The number of aliphatic hydroxyl groups excluding tert-OH is 1. The van der Waals surface area contributed by atoms with Crippen LogP contribution in [-0.4, -0.2) is 30.0 Å². The Labute approximate surface area is 213 Å². The van der Waals surface area contributed by atoms with Crippen LogP contribution < -0.4 is 14.4 Å². The fourth-order valence-corrected chi connectivity index (χ4v) is 4.49. The molecule has 3 aromatic carbocycles. The number of halogens is 2. The van der Waals surface area contributed by atoms with Crippen molar-refractivity contribution in [2.24, 2.45) is 0 Å². The zero-order valence-corrected chi connectivity index (χ0v) is 21.0. The summed E-state index contributed by atoms with van der Waals surface area (Å²) in [6, 6.07) is 14.1. The number of aliphatic hydroxyl groups is 1. The first kappa shape index (κ1) is 25.3. The number of anilines is 1. The van der Waals surface area contributed by atoms with Gasteiger partial charge in [-0.25, -0.2) is 4.39 Å². The average Bonchev–Trinajstić information content (AvgIpc) is 3.10. The lowest BCUT2D eigenvalue weighted by atomic mass is 9.94. The molecule has 0 radical (unpaired) electrons. The van der Waals surface area contributed by atoms with Gasteiger partial charge in [-0.15, -0.1) is 0 Å². The van der Waals surface area contributed by atoms with Gasteiger partial charge in [-0.3, -0.25) is 14.5 Å². The van der Waals surface area contributed by atoms with Crippen LogP contribution in [0.1, 0.15) is 36.6 Å². The number of carbonyl (C=O) groups is 2. The molecule has 3 aromatic rings. The molecule has 1 heterocycles. The van der Waals surface area contributed by atoms with E-state index in [1.165, 1.54) is 31.4 Å². The molecular formula is C28H25ClFNO5. The molecule has 0 aliphatic carbocycles. The van der Waals surface area contributed by atoms with Gasteiger partial charge in [0.15, 0.2) is 0 Å². The molecular weight excluding hydrogens is 485 g/mol. The molecule has 0 spiro atoms. The van der Waals surface area contributed by atoms with Crippen LogP contribution in [-0.2, 0) is 9.59 Å². The first-order valence-electron chi connectivity index (χ1n) is 11.3. The van der Waals surface area contributed by atoms with Crippen molar-refractivity contribution in [2.45, 2.75) is 32.9 Å². The van der Waals surface area contributed by atoms with E-state index in [9.17, 15) is 14.7 Å². The minimum atomic E-state index is -1.22. The van der Waals surface area contributed by atoms with E-state index in [4.69, 9.17) is 21.1 Å². The van der Waals surface area contributed by atoms with Crippen molar-refractivity contribution in [3.05, 3.63) is 93.8 Å². The summed E-state index contributed by atoms with van der Waals surface area (Å²) in [5.74, 6) is -1.89. The number of hydrogen-bond donors (Lipinski definition) is 1. The number of carbonyl (C=O) groups excluding carboxylic acids is 2. The lowest BCUT2D eigenvalue weighted by Crippen LogP contribution is -2.29. The zero-order chi connectivity index (χ0) is 26.1. The van der Waals surface area contributed by atoms with Gasteiger partial charge in [0.1, 0.15) is 23.1 Å². The predicted octanol–water partition coefficient (Wildman–Crippen LogP) is 6.21. The Morgan fingerprint density at radius 3 is 2.36 bits per heavy atom. The molecule has 1 saturated heterocycles. The van der Waals surface area contributed by atoms with Crippen molar-refractivity contribution in [3.8, 4) is 11.5 Å². The molecule has 0 saturated carbocycles. The monoisotopic (exact) mass is 509 g/mol. The van der Waals surface area contributed by atoms with Crippen molar-refractivity contribution in [1.82, 2.24) is 0 Å². The Hall–Kier alpha value is -3.84. The molecule has 1 N–H and O–H groups in total. The van der Waals surface area contributed by atoms with Crippen molar-refractivity contribution < 1.29 is 28.6 Å². The van der Waals surface area contributed by atoms with Gasteiger partial charge in [0.25, 0.3) is 11.7 Å². The van der Waals surface area contributed by atoms with Crippen molar-refractivity contribution in [3.63, 3.8) is 0 Å². The van der Waals surface area contributed by atoms with Gasteiger partial charge >= 0.3 is 0 Å². The highest BCUT2D eigenvalue weighted by atomic mass is 35.5. The quantitative estimate of drug-likeness (QED) is 0.243. The van der Waals surface area contributed by atoms with Crippen LogP contribution in [0.5, 0.6) is 11.5 Å². The number of aryl methyl sites for hydroxylation is 1. The molecule has 1 atom stereocenters. The number of amides is 1. The topological polar surface area (TPSA) is 76.1 Å². The number of ether oxygens (including phenoxy) is 2. The lowest BCUT2D eigenvalue weighted by molar-refractivity contribution is -0.132. The van der Waals surface area contributed by atoms with E-state index in [2.05, 4.69) is 0 Å². The van der Waals surface area contributed by atoms with E-state index in [0.717, 1.165) is 10.5 Å². The van der Waals surface area contributed by atoms with Gasteiger partial charge in [-0.05, 0) is 68.8 Å². The third kappa shape index (κ3) is 4.54. The summed E-state index contributed by atoms with van der Waals surface area (Å²) in [5.41, 5.74) is 1.12. The van der Waals surface area contributed by atoms with Gasteiger partial charge in [-0.1, -0.05) is 29.8 Å². The van der Waals surface area contributed by atoms with E-state index in [1.807, 2.05) is 13.8 Å².